The van der Waals surface area contributed by atoms with Crippen LogP contribution in [-0.2, 0) is 0 Å². The number of carbonyl (C=O) groups excluding carboxylic acids is 1. The van der Waals surface area contributed by atoms with E-state index in [4.69, 9.17) is 0 Å². The molecule has 1 N–H and O–H groups in total. The van der Waals surface area contributed by atoms with Crippen molar-refractivity contribution < 1.29 is 9.90 Å². The van der Waals surface area contributed by atoms with Crippen molar-refractivity contribution in [3.8, 4) is 5.75 Å². The summed E-state index contributed by atoms with van der Waals surface area (Å²) in [5, 5.41) is 12.5. The zero-order valence-electron chi connectivity index (χ0n) is 11.4. The summed E-state index contributed by atoms with van der Waals surface area (Å²) in [6.45, 7) is 0. The zero-order valence-corrected chi connectivity index (χ0v) is 11.4. The van der Waals surface area contributed by atoms with Crippen molar-refractivity contribution in [2.24, 2.45) is 0 Å². The number of aromatic hydroxyl groups is 1. The molecule has 1 aliphatic carbocycles. The van der Waals surface area contributed by atoms with Gasteiger partial charge in [-0.1, -0.05) is 54.6 Å². The summed E-state index contributed by atoms with van der Waals surface area (Å²) in [6.07, 6.45) is 0.431. The number of phenolic OH excluding ortho intramolecular Hbond substituents is 1. The minimum Gasteiger partial charge on any atom is -0.508 e. The minimum atomic E-state index is -0.0557. The Morgan fingerprint density at radius 1 is 0.905 bits per heavy atom. The molecule has 0 saturated heterocycles. The van der Waals surface area contributed by atoms with Gasteiger partial charge < -0.3 is 5.11 Å². The van der Waals surface area contributed by atoms with E-state index in [-0.39, 0.29) is 17.5 Å². The molecule has 3 aromatic rings. The summed E-state index contributed by atoms with van der Waals surface area (Å²) in [7, 11) is 0. The maximum Gasteiger partial charge on any atom is 0.164 e. The van der Waals surface area contributed by atoms with Gasteiger partial charge in [-0.25, -0.2) is 0 Å². The zero-order chi connectivity index (χ0) is 14.4. The Labute approximate surface area is 122 Å². The fraction of sp³-hybridized carbons (Fsp3) is 0.105. The molecule has 0 spiro atoms. The number of benzene rings is 3. The quantitative estimate of drug-likeness (QED) is 0.719. The van der Waals surface area contributed by atoms with Crippen molar-refractivity contribution in [3.05, 3.63) is 77.4 Å². The molecule has 0 saturated carbocycles. The van der Waals surface area contributed by atoms with Crippen molar-refractivity contribution in [3.63, 3.8) is 0 Å². The first-order valence-electron chi connectivity index (χ1n) is 7.08. The van der Waals surface area contributed by atoms with Crippen LogP contribution in [0.3, 0.4) is 0 Å². The summed E-state index contributed by atoms with van der Waals surface area (Å²) < 4.78 is 0. The van der Waals surface area contributed by atoms with Crippen LogP contribution in [-0.4, -0.2) is 10.9 Å². The van der Waals surface area contributed by atoms with E-state index in [1.165, 1.54) is 0 Å². The summed E-state index contributed by atoms with van der Waals surface area (Å²) in [6, 6.07) is 19.3. The van der Waals surface area contributed by atoms with Crippen LogP contribution in [0.4, 0.5) is 0 Å². The first-order chi connectivity index (χ1) is 10.3. The van der Waals surface area contributed by atoms with E-state index in [0.717, 1.165) is 27.5 Å². The van der Waals surface area contributed by atoms with Crippen molar-refractivity contribution in [2.45, 2.75) is 12.3 Å². The standard InChI is InChI=1S/C19H14O2/c20-17-10-9-12-5-1-2-6-13(12)19(17)16-11-18(21)15-8-4-3-7-14(15)16/h1-10,16,20H,11H2/t16-/m0/s1. The van der Waals surface area contributed by atoms with Gasteiger partial charge in [0.2, 0.25) is 0 Å². The molecule has 0 amide bonds. The second-order valence-electron chi connectivity index (χ2n) is 5.49. The lowest BCUT2D eigenvalue weighted by molar-refractivity contribution is 0.0991. The lowest BCUT2D eigenvalue weighted by atomic mass is 9.88. The van der Waals surface area contributed by atoms with Crippen LogP contribution in [0, 0.1) is 0 Å². The van der Waals surface area contributed by atoms with Gasteiger partial charge >= 0.3 is 0 Å². The molecule has 0 unspecified atom stereocenters. The molecule has 1 atom stereocenters. The third-order valence-corrected chi connectivity index (χ3v) is 4.32. The van der Waals surface area contributed by atoms with Gasteiger partial charge in [-0.05, 0) is 22.4 Å². The summed E-state index contributed by atoms with van der Waals surface area (Å²) >= 11 is 0. The molecule has 2 nitrogen and oxygen atoms in total. The molecular weight excluding hydrogens is 260 g/mol. The molecule has 0 bridgehead atoms. The summed E-state index contributed by atoms with van der Waals surface area (Å²) in [5.74, 6) is 0.367. The molecule has 0 aliphatic heterocycles. The second kappa shape index (κ2) is 4.45. The van der Waals surface area contributed by atoms with Crippen molar-refractivity contribution in [2.75, 3.05) is 0 Å². The number of Topliss-reactive ketones (excluding diaryl/α,β-unsaturated/α-hetero) is 1. The molecular formula is C19H14O2. The van der Waals surface area contributed by atoms with Gasteiger partial charge in [0.25, 0.3) is 0 Å². The number of ketones is 1. The highest BCUT2D eigenvalue weighted by Crippen LogP contribution is 2.44. The van der Waals surface area contributed by atoms with Gasteiger partial charge in [-0.15, -0.1) is 0 Å². The highest BCUT2D eigenvalue weighted by molar-refractivity contribution is 6.03. The first-order valence-corrected chi connectivity index (χ1v) is 7.08. The molecule has 21 heavy (non-hydrogen) atoms. The Balaban J connectivity index is 2.00. The Kier molecular flexibility index (Phi) is 2.58. The predicted molar refractivity (Wildman–Crippen MR) is 82.8 cm³/mol. The van der Waals surface area contributed by atoms with Crippen LogP contribution < -0.4 is 0 Å². The van der Waals surface area contributed by atoms with Gasteiger partial charge in [0.15, 0.2) is 5.78 Å². The maximum atomic E-state index is 12.2. The molecule has 102 valence electrons. The highest BCUT2D eigenvalue weighted by Gasteiger charge is 2.32. The van der Waals surface area contributed by atoms with Gasteiger partial charge in [-0.3, -0.25) is 4.79 Å². The number of rotatable bonds is 1. The molecule has 3 aromatic carbocycles. The monoisotopic (exact) mass is 274 g/mol. The van der Waals surface area contributed by atoms with E-state index < -0.39 is 0 Å². The van der Waals surface area contributed by atoms with Crippen molar-refractivity contribution >= 4 is 16.6 Å². The molecule has 4 rings (SSSR count). The highest BCUT2D eigenvalue weighted by atomic mass is 16.3. The van der Waals surface area contributed by atoms with Crippen LogP contribution >= 0.6 is 0 Å². The van der Waals surface area contributed by atoms with Crippen LogP contribution in [0.15, 0.2) is 60.7 Å². The molecule has 2 heteroatoms. The fourth-order valence-electron chi connectivity index (χ4n) is 3.37. The smallest absolute Gasteiger partial charge is 0.164 e. The Morgan fingerprint density at radius 2 is 1.67 bits per heavy atom. The molecule has 1 aliphatic rings. The lowest BCUT2D eigenvalue weighted by Crippen LogP contribution is -1.99. The predicted octanol–water partition coefficient (Wildman–Crippen LogP) is 4.26. The number of carbonyl (C=O) groups is 1. The topological polar surface area (TPSA) is 37.3 Å². The Morgan fingerprint density at radius 3 is 2.57 bits per heavy atom. The summed E-state index contributed by atoms with van der Waals surface area (Å²) in [4.78, 5) is 12.2. The van der Waals surface area contributed by atoms with Crippen LogP contribution in [0.5, 0.6) is 5.75 Å². The number of fused-ring (bicyclic) bond motifs is 2. The largest absolute Gasteiger partial charge is 0.508 e. The van der Waals surface area contributed by atoms with E-state index in [9.17, 15) is 9.90 Å². The third kappa shape index (κ3) is 1.76. The minimum absolute atomic E-state index is 0.0557. The van der Waals surface area contributed by atoms with E-state index >= 15 is 0 Å². The van der Waals surface area contributed by atoms with Crippen LogP contribution in [0.1, 0.15) is 33.8 Å². The van der Waals surface area contributed by atoms with E-state index in [1.807, 2.05) is 54.6 Å². The first kappa shape index (κ1) is 12.2. The van der Waals surface area contributed by atoms with Crippen LogP contribution in [0.25, 0.3) is 10.8 Å². The van der Waals surface area contributed by atoms with E-state index in [0.29, 0.717) is 6.42 Å². The second-order valence-corrected chi connectivity index (χ2v) is 5.49. The van der Waals surface area contributed by atoms with E-state index in [1.54, 1.807) is 6.07 Å². The van der Waals surface area contributed by atoms with Gasteiger partial charge in [0.05, 0.1) is 0 Å². The van der Waals surface area contributed by atoms with Gasteiger partial charge in [-0.2, -0.15) is 0 Å². The van der Waals surface area contributed by atoms with Crippen LogP contribution in [0.2, 0.25) is 0 Å². The van der Waals surface area contributed by atoms with E-state index in [2.05, 4.69) is 0 Å². The molecule has 0 aromatic heterocycles. The number of phenols is 1. The Bertz CT molecular complexity index is 864. The maximum absolute atomic E-state index is 12.2. The average Bonchev–Trinajstić information content (AvgIpc) is 2.85. The third-order valence-electron chi connectivity index (χ3n) is 4.32. The Hall–Kier alpha value is -2.61. The van der Waals surface area contributed by atoms with Gasteiger partial charge in [0, 0.05) is 23.5 Å². The van der Waals surface area contributed by atoms with Crippen molar-refractivity contribution in [1.82, 2.24) is 0 Å². The number of hydrogen-bond donors (Lipinski definition) is 1. The molecule has 0 fully saturated rings. The average molecular weight is 274 g/mol. The fourth-order valence-corrected chi connectivity index (χ4v) is 3.37. The summed E-state index contributed by atoms with van der Waals surface area (Å²) in [5.41, 5.74) is 2.68. The van der Waals surface area contributed by atoms with Gasteiger partial charge in [0.1, 0.15) is 5.75 Å². The molecule has 0 heterocycles. The van der Waals surface area contributed by atoms with Crippen molar-refractivity contribution in [1.29, 1.82) is 0 Å². The number of hydrogen-bond acceptors (Lipinski definition) is 2. The SMILES string of the molecule is O=C1C[C@H](c2c(O)ccc3ccccc23)c2ccccc21. The lowest BCUT2D eigenvalue weighted by Gasteiger charge is -2.16. The normalized spacial score (nSPS) is 17.1. The molecule has 0 radical (unpaired) electrons.